The molecule has 4 atom stereocenters. The van der Waals surface area contributed by atoms with E-state index in [1.54, 1.807) is 11.3 Å². The molecule has 3 saturated heterocycles. The lowest BCUT2D eigenvalue weighted by atomic mass is 9.72. The maximum absolute atomic E-state index is 12.8. The van der Waals surface area contributed by atoms with Gasteiger partial charge in [0.05, 0.1) is 29.8 Å². The molecular weight excluding hydrogens is 338 g/mol. The molecule has 136 valence electrons. The summed E-state index contributed by atoms with van der Waals surface area (Å²) in [6.45, 7) is 3.31. The van der Waals surface area contributed by atoms with Crippen molar-refractivity contribution in [2.24, 2.45) is 11.8 Å². The van der Waals surface area contributed by atoms with E-state index in [-0.39, 0.29) is 36.4 Å². The lowest BCUT2D eigenvalue weighted by Crippen LogP contribution is -2.66. The third kappa shape index (κ3) is 3.08. The molecule has 3 fully saturated rings. The molecule has 0 radical (unpaired) electrons. The quantitative estimate of drug-likeness (QED) is 0.876. The minimum absolute atomic E-state index is 0.00701. The molecule has 7 heteroatoms. The van der Waals surface area contributed by atoms with Crippen LogP contribution in [0, 0.1) is 18.8 Å². The van der Waals surface area contributed by atoms with E-state index < -0.39 is 0 Å². The molecule has 3 aliphatic heterocycles. The van der Waals surface area contributed by atoms with Gasteiger partial charge in [-0.1, -0.05) is 0 Å². The zero-order chi connectivity index (χ0) is 17.6. The summed E-state index contributed by atoms with van der Waals surface area (Å²) in [7, 11) is 0. The Morgan fingerprint density at radius 2 is 2.20 bits per heavy atom. The Morgan fingerprint density at radius 3 is 2.92 bits per heavy atom. The summed E-state index contributed by atoms with van der Waals surface area (Å²) in [6, 6.07) is 0.0536. The van der Waals surface area contributed by atoms with E-state index in [0.717, 1.165) is 36.5 Å². The van der Waals surface area contributed by atoms with Gasteiger partial charge in [-0.25, -0.2) is 4.98 Å². The number of aliphatic hydroxyl groups is 1. The van der Waals surface area contributed by atoms with Gasteiger partial charge in [-0.15, -0.1) is 11.3 Å². The molecule has 0 spiro atoms. The Balaban J connectivity index is 1.51. The van der Waals surface area contributed by atoms with Crippen LogP contribution in [0.25, 0.3) is 0 Å². The summed E-state index contributed by atoms with van der Waals surface area (Å²) < 4.78 is 0. The highest BCUT2D eigenvalue weighted by molar-refractivity contribution is 7.09. The van der Waals surface area contributed by atoms with Crippen molar-refractivity contribution in [2.75, 3.05) is 19.7 Å². The predicted molar refractivity (Wildman–Crippen MR) is 94.1 cm³/mol. The molecule has 1 N–H and O–H groups in total. The van der Waals surface area contributed by atoms with Crippen LogP contribution in [0.15, 0.2) is 5.38 Å². The fourth-order valence-corrected chi connectivity index (χ4v) is 5.58. The third-order valence-corrected chi connectivity index (χ3v) is 6.86. The van der Waals surface area contributed by atoms with Crippen molar-refractivity contribution < 1.29 is 14.7 Å². The van der Waals surface area contributed by atoms with E-state index in [4.69, 9.17) is 0 Å². The molecule has 2 amide bonds. The number of aliphatic hydroxyl groups excluding tert-OH is 1. The first kappa shape index (κ1) is 17.0. The van der Waals surface area contributed by atoms with Gasteiger partial charge in [0.2, 0.25) is 11.8 Å². The van der Waals surface area contributed by atoms with Gasteiger partial charge in [0.15, 0.2) is 0 Å². The van der Waals surface area contributed by atoms with Crippen LogP contribution in [0.5, 0.6) is 0 Å². The van der Waals surface area contributed by atoms with Crippen LogP contribution >= 0.6 is 11.3 Å². The topological polar surface area (TPSA) is 73.7 Å². The van der Waals surface area contributed by atoms with Crippen molar-refractivity contribution in [3.8, 4) is 0 Å². The van der Waals surface area contributed by atoms with Crippen molar-refractivity contribution in [2.45, 2.75) is 51.1 Å². The van der Waals surface area contributed by atoms with Gasteiger partial charge < -0.3 is 14.9 Å². The van der Waals surface area contributed by atoms with Gasteiger partial charge >= 0.3 is 0 Å². The van der Waals surface area contributed by atoms with E-state index in [1.807, 2.05) is 22.1 Å². The molecule has 3 aliphatic rings. The highest BCUT2D eigenvalue weighted by atomic mass is 32.1. The van der Waals surface area contributed by atoms with Crippen LogP contribution in [0.4, 0.5) is 0 Å². The maximum Gasteiger partial charge on any atom is 0.228 e. The normalized spacial score (nSPS) is 31.8. The fraction of sp³-hybridized carbons (Fsp3) is 0.722. The van der Waals surface area contributed by atoms with Crippen LogP contribution in [0.2, 0.25) is 0 Å². The van der Waals surface area contributed by atoms with Gasteiger partial charge in [-0.2, -0.15) is 0 Å². The monoisotopic (exact) mass is 363 g/mol. The first-order chi connectivity index (χ1) is 12.1. The van der Waals surface area contributed by atoms with Crippen LogP contribution < -0.4 is 0 Å². The van der Waals surface area contributed by atoms with Gasteiger partial charge in [-0.3, -0.25) is 9.59 Å². The van der Waals surface area contributed by atoms with Gasteiger partial charge in [0, 0.05) is 30.9 Å². The summed E-state index contributed by atoms with van der Waals surface area (Å²) in [6.07, 6.45) is 3.87. The molecule has 1 aromatic heterocycles. The molecule has 0 saturated carbocycles. The van der Waals surface area contributed by atoms with Gasteiger partial charge in [-0.05, 0) is 38.0 Å². The zero-order valence-electron chi connectivity index (χ0n) is 14.6. The first-order valence-corrected chi connectivity index (χ1v) is 10.1. The highest BCUT2D eigenvalue weighted by Crippen LogP contribution is 2.41. The number of likely N-dealkylation sites (tertiary alicyclic amines) is 1. The lowest BCUT2D eigenvalue weighted by Gasteiger charge is -2.56. The number of thiazole rings is 1. The van der Waals surface area contributed by atoms with Crippen LogP contribution in [0.1, 0.15) is 36.4 Å². The predicted octanol–water partition coefficient (Wildman–Crippen LogP) is 1.21. The smallest absolute Gasteiger partial charge is 0.228 e. The molecule has 2 bridgehead atoms. The van der Waals surface area contributed by atoms with Crippen molar-refractivity contribution >= 4 is 23.2 Å². The van der Waals surface area contributed by atoms with E-state index in [0.29, 0.717) is 25.3 Å². The number of rotatable bonds is 3. The average molecular weight is 363 g/mol. The lowest BCUT2D eigenvalue weighted by molar-refractivity contribution is -0.158. The average Bonchev–Trinajstić information content (AvgIpc) is 3.01. The molecular formula is C18H25N3O3S. The standard InChI is InChI=1S/C18H25N3O3S/c1-11-19-14(10-25-11)6-18(24)20-7-12-5-13(8-20)16(9-22)21-15(12)3-2-4-17(21)23/h10,12-13,15-16,22H,2-9H2,1H3/t12-,13+,15+,16+/m1/s1. The number of amides is 2. The second kappa shape index (κ2) is 6.68. The molecule has 4 rings (SSSR count). The zero-order valence-corrected chi connectivity index (χ0v) is 15.4. The van der Waals surface area contributed by atoms with Crippen molar-refractivity contribution in [1.29, 1.82) is 0 Å². The van der Waals surface area contributed by atoms with E-state index in [2.05, 4.69) is 4.98 Å². The van der Waals surface area contributed by atoms with Crippen LogP contribution in [-0.4, -0.2) is 63.5 Å². The third-order valence-electron chi connectivity index (χ3n) is 6.04. The SMILES string of the molecule is Cc1nc(CC(=O)N2C[C@H]3C[C@@H](C2)[C@H](CO)N2C(=O)CCC[C@@H]32)cs1. The fourth-order valence-electron chi connectivity index (χ4n) is 4.97. The molecule has 25 heavy (non-hydrogen) atoms. The first-order valence-electron chi connectivity index (χ1n) is 9.17. The summed E-state index contributed by atoms with van der Waals surface area (Å²) in [5.74, 6) is 0.824. The molecule has 6 nitrogen and oxygen atoms in total. The second-order valence-electron chi connectivity index (χ2n) is 7.60. The summed E-state index contributed by atoms with van der Waals surface area (Å²) in [4.78, 5) is 33.5. The highest BCUT2D eigenvalue weighted by Gasteiger charge is 2.49. The summed E-state index contributed by atoms with van der Waals surface area (Å²) in [5.41, 5.74) is 0.844. The summed E-state index contributed by atoms with van der Waals surface area (Å²) in [5, 5.41) is 12.9. The van der Waals surface area contributed by atoms with Crippen molar-refractivity contribution in [3.63, 3.8) is 0 Å². The molecule has 0 unspecified atom stereocenters. The molecule has 4 heterocycles. The molecule has 0 aliphatic carbocycles. The van der Waals surface area contributed by atoms with Crippen LogP contribution in [-0.2, 0) is 16.0 Å². The number of hydrogen-bond donors (Lipinski definition) is 1. The van der Waals surface area contributed by atoms with E-state index in [9.17, 15) is 14.7 Å². The number of aromatic nitrogens is 1. The second-order valence-corrected chi connectivity index (χ2v) is 8.66. The number of carbonyl (C=O) groups excluding carboxylic acids is 2. The maximum atomic E-state index is 12.8. The van der Waals surface area contributed by atoms with Crippen LogP contribution in [0.3, 0.4) is 0 Å². The molecule has 1 aromatic rings. The Labute approximate surface area is 151 Å². The number of carbonyl (C=O) groups is 2. The Morgan fingerprint density at radius 1 is 1.40 bits per heavy atom. The number of aryl methyl sites for hydroxylation is 1. The van der Waals surface area contributed by atoms with E-state index >= 15 is 0 Å². The van der Waals surface area contributed by atoms with Crippen molar-refractivity contribution in [3.05, 3.63) is 16.1 Å². The number of piperidine rings is 3. The minimum Gasteiger partial charge on any atom is -0.394 e. The Kier molecular flexibility index (Phi) is 4.54. The largest absolute Gasteiger partial charge is 0.394 e. The molecule has 0 aromatic carbocycles. The summed E-state index contributed by atoms with van der Waals surface area (Å²) >= 11 is 1.57. The number of fused-ring (bicyclic) bond motifs is 4. The van der Waals surface area contributed by atoms with Crippen molar-refractivity contribution in [1.82, 2.24) is 14.8 Å². The Bertz CT molecular complexity index is 662. The van der Waals surface area contributed by atoms with Gasteiger partial charge in [0.1, 0.15) is 0 Å². The number of hydrogen-bond acceptors (Lipinski definition) is 5. The van der Waals surface area contributed by atoms with E-state index in [1.165, 1.54) is 0 Å². The Hall–Kier alpha value is -1.47. The number of nitrogens with zero attached hydrogens (tertiary/aromatic N) is 3. The van der Waals surface area contributed by atoms with Gasteiger partial charge in [0.25, 0.3) is 0 Å². The minimum atomic E-state index is -0.133.